The molecular formula is C24H23ClN2O3. The van der Waals surface area contributed by atoms with Gasteiger partial charge in [0, 0.05) is 36.8 Å². The van der Waals surface area contributed by atoms with Gasteiger partial charge in [0.05, 0.1) is 7.11 Å². The van der Waals surface area contributed by atoms with Crippen molar-refractivity contribution in [3.63, 3.8) is 0 Å². The number of fused-ring (bicyclic) bond motifs is 1. The standard InChI is InChI=1S/C24H23ClN2O3/c1-30-24(29)22(18-9-11-19(25)12-10-18)26-13-15-27(16-14-26)23(28)21-8-4-6-17-5-2-3-7-20(17)21/h2-12,22H,13-16H2,1H3. The number of carbonyl (C=O) groups is 2. The number of amides is 1. The molecule has 1 atom stereocenters. The minimum absolute atomic E-state index is 0.0209. The minimum Gasteiger partial charge on any atom is -0.468 e. The van der Waals surface area contributed by atoms with E-state index >= 15 is 0 Å². The number of halogens is 1. The second kappa shape index (κ2) is 8.86. The number of carbonyl (C=O) groups excluding carboxylic acids is 2. The first-order valence-electron chi connectivity index (χ1n) is 9.93. The van der Waals surface area contributed by atoms with Crippen LogP contribution in [0.4, 0.5) is 0 Å². The molecule has 1 aliphatic rings. The predicted molar refractivity (Wildman–Crippen MR) is 118 cm³/mol. The maximum Gasteiger partial charge on any atom is 0.327 e. The molecule has 4 rings (SSSR count). The first-order valence-corrected chi connectivity index (χ1v) is 10.3. The smallest absolute Gasteiger partial charge is 0.327 e. The van der Waals surface area contributed by atoms with E-state index in [1.54, 1.807) is 12.1 Å². The zero-order valence-electron chi connectivity index (χ0n) is 16.8. The normalized spacial score (nSPS) is 15.7. The number of methoxy groups -OCH3 is 1. The van der Waals surface area contributed by atoms with Gasteiger partial charge in [-0.2, -0.15) is 0 Å². The number of esters is 1. The molecule has 3 aromatic carbocycles. The summed E-state index contributed by atoms with van der Waals surface area (Å²) < 4.78 is 5.05. The summed E-state index contributed by atoms with van der Waals surface area (Å²) in [6.07, 6.45) is 0. The van der Waals surface area contributed by atoms with Crippen molar-refractivity contribution >= 4 is 34.2 Å². The SMILES string of the molecule is COC(=O)C(c1ccc(Cl)cc1)N1CCN(C(=O)c2cccc3ccccc23)CC1. The molecule has 0 bridgehead atoms. The Bertz CT molecular complexity index is 1050. The van der Waals surface area contributed by atoms with Crippen LogP contribution in [0.25, 0.3) is 10.8 Å². The van der Waals surface area contributed by atoms with E-state index in [4.69, 9.17) is 16.3 Å². The third-order valence-electron chi connectivity index (χ3n) is 5.60. The third kappa shape index (κ3) is 4.04. The average molecular weight is 423 g/mol. The number of benzene rings is 3. The molecule has 1 amide bonds. The average Bonchev–Trinajstić information content (AvgIpc) is 2.80. The van der Waals surface area contributed by atoms with Gasteiger partial charge in [-0.25, -0.2) is 4.79 Å². The van der Waals surface area contributed by atoms with Crippen molar-refractivity contribution in [2.75, 3.05) is 33.3 Å². The molecule has 5 nitrogen and oxygen atoms in total. The molecule has 1 unspecified atom stereocenters. The number of hydrogen-bond donors (Lipinski definition) is 0. The molecule has 1 heterocycles. The fourth-order valence-corrected chi connectivity index (χ4v) is 4.14. The number of hydrogen-bond acceptors (Lipinski definition) is 4. The highest BCUT2D eigenvalue weighted by Crippen LogP contribution is 2.26. The van der Waals surface area contributed by atoms with Crippen LogP contribution in [-0.2, 0) is 9.53 Å². The Hall–Kier alpha value is -2.89. The van der Waals surface area contributed by atoms with Crippen molar-refractivity contribution in [2.45, 2.75) is 6.04 Å². The molecule has 0 aromatic heterocycles. The molecule has 0 radical (unpaired) electrons. The van der Waals surface area contributed by atoms with Gasteiger partial charge in [-0.3, -0.25) is 9.69 Å². The van der Waals surface area contributed by atoms with Gasteiger partial charge in [0.15, 0.2) is 0 Å². The lowest BCUT2D eigenvalue weighted by atomic mass is 10.0. The van der Waals surface area contributed by atoms with E-state index in [9.17, 15) is 9.59 Å². The second-order valence-corrected chi connectivity index (χ2v) is 7.77. The Morgan fingerprint density at radius 2 is 1.57 bits per heavy atom. The lowest BCUT2D eigenvalue weighted by Crippen LogP contribution is -2.51. The van der Waals surface area contributed by atoms with E-state index in [1.165, 1.54) is 7.11 Å². The Labute approximate surface area is 180 Å². The Kier molecular flexibility index (Phi) is 6.02. The lowest BCUT2D eigenvalue weighted by molar-refractivity contribution is -0.148. The predicted octanol–water partition coefficient (Wildman–Crippen LogP) is 4.17. The van der Waals surface area contributed by atoms with Crippen LogP contribution < -0.4 is 0 Å². The minimum atomic E-state index is -0.512. The maximum atomic E-state index is 13.2. The summed E-state index contributed by atoms with van der Waals surface area (Å²) in [5.74, 6) is -0.293. The maximum absolute atomic E-state index is 13.2. The van der Waals surface area contributed by atoms with Gasteiger partial charge < -0.3 is 9.64 Å². The van der Waals surface area contributed by atoms with Crippen LogP contribution in [0.5, 0.6) is 0 Å². The van der Waals surface area contributed by atoms with Crippen molar-refractivity contribution in [2.24, 2.45) is 0 Å². The Morgan fingerprint density at radius 3 is 2.27 bits per heavy atom. The first kappa shape index (κ1) is 20.4. The quantitative estimate of drug-likeness (QED) is 0.592. The number of piperazine rings is 1. The summed E-state index contributed by atoms with van der Waals surface area (Å²) in [6, 6.07) is 20.4. The van der Waals surface area contributed by atoms with Gasteiger partial charge in [0.25, 0.3) is 5.91 Å². The van der Waals surface area contributed by atoms with Crippen LogP contribution in [0, 0.1) is 0 Å². The van der Waals surface area contributed by atoms with Crippen LogP contribution in [0.15, 0.2) is 66.7 Å². The van der Waals surface area contributed by atoms with Crippen LogP contribution in [0.2, 0.25) is 5.02 Å². The Balaban J connectivity index is 1.51. The van der Waals surface area contributed by atoms with E-state index in [2.05, 4.69) is 4.90 Å². The van der Waals surface area contributed by atoms with Crippen LogP contribution >= 0.6 is 11.6 Å². The molecule has 0 aliphatic carbocycles. The first-order chi connectivity index (χ1) is 14.6. The summed E-state index contributed by atoms with van der Waals surface area (Å²) in [5.41, 5.74) is 1.55. The van der Waals surface area contributed by atoms with Gasteiger partial charge in [-0.1, -0.05) is 60.1 Å². The molecule has 1 saturated heterocycles. The van der Waals surface area contributed by atoms with E-state index < -0.39 is 6.04 Å². The molecule has 1 aliphatic heterocycles. The van der Waals surface area contributed by atoms with Gasteiger partial charge in [0.2, 0.25) is 0 Å². The van der Waals surface area contributed by atoms with E-state index in [-0.39, 0.29) is 11.9 Å². The number of nitrogens with zero attached hydrogens (tertiary/aromatic N) is 2. The van der Waals surface area contributed by atoms with Crippen molar-refractivity contribution in [1.29, 1.82) is 0 Å². The van der Waals surface area contributed by atoms with Crippen LogP contribution in [0.3, 0.4) is 0 Å². The van der Waals surface area contributed by atoms with Crippen molar-refractivity contribution < 1.29 is 14.3 Å². The van der Waals surface area contributed by atoms with Gasteiger partial charge in [-0.15, -0.1) is 0 Å². The van der Waals surface area contributed by atoms with Gasteiger partial charge in [0.1, 0.15) is 6.04 Å². The molecule has 30 heavy (non-hydrogen) atoms. The lowest BCUT2D eigenvalue weighted by Gasteiger charge is -2.38. The van der Waals surface area contributed by atoms with Crippen LogP contribution in [-0.4, -0.2) is 55.0 Å². The molecule has 0 saturated carbocycles. The summed E-state index contributed by atoms with van der Waals surface area (Å²) in [5, 5.41) is 2.63. The summed E-state index contributed by atoms with van der Waals surface area (Å²) in [6.45, 7) is 2.25. The van der Waals surface area contributed by atoms with Gasteiger partial charge >= 0.3 is 5.97 Å². The molecule has 0 spiro atoms. The zero-order chi connectivity index (χ0) is 21.1. The molecule has 0 N–H and O–H groups in total. The molecular weight excluding hydrogens is 400 g/mol. The van der Waals surface area contributed by atoms with Gasteiger partial charge in [-0.05, 0) is 34.5 Å². The third-order valence-corrected chi connectivity index (χ3v) is 5.85. The second-order valence-electron chi connectivity index (χ2n) is 7.33. The summed E-state index contributed by atoms with van der Waals surface area (Å²) >= 11 is 6.00. The highest BCUT2D eigenvalue weighted by atomic mass is 35.5. The van der Waals surface area contributed by atoms with Crippen molar-refractivity contribution in [3.8, 4) is 0 Å². The highest BCUT2D eigenvalue weighted by molar-refractivity contribution is 6.30. The monoisotopic (exact) mass is 422 g/mol. The van der Waals surface area contributed by atoms with Crippen molar-refractivity contribution in [1.82, 2.24) is 9.80 Å². The van der Waals surface area contributed by atoms with Crippen molar-refractivity contribution in [3.05, 3.63) is 82.9 Å². The number of ether oxygens (including phenoxy) is 1. The van der Waals surface area contributed by atoms with Crippen LogP contribution in [0.1, 0.15) is 22.0 Å². The number of rotatable bonds is 4. The molecule has 3 aromatic rings. The largest absolute Gasteiger partial charge is 0.468 e. The Morgan fingerprint density at radius 1 is 0.900 bits per heavy atom. The summed E-state index contributed by atoms with van der Waals surface area (Å²) in [4.78, 5) is 29.6. The molecule has 1 fully saturated rings. The van der Waals surface area contributed by atoms with E-state index in [0.717, 1.165) is 16.3 Å². The zero-order valence-corrected chi connectivity index (χ0v) is 17.5. The highest BCUT2D eigenvalue weighted by Gasteiger charge is 2.32. The fourth-order valence-electron chi connectivity index (χ4n) is 4.02. The molecule has 154 valence electrons. The van der Waals surface area contributed by atoms with E-state index in [0.29, 0.717) is 36.8 Å². The summed E-state index contributed by atoms with van der Waals surface area (Å²) in [7, 11) is 1.39. The molecule has 6 heteroatoms. The fraction of sp³-hybridized carbons (Fsp3) is 0.250. The topological polar surface area (TPSA) is 49.9 Å². The van der Waals surface area contributed by atoms with E-state index in [1.807, 2.05) is 59.5 Å².